The second-order valence-corrected chi connectivity index (χ2v) is 7.95. The second-order valence-electron chi connectivity index (χ2n) is 7.95. The number of nitrogens with zero attached hydrogens (tertiary/aromatic N) is 2. The third-order valence-corrected chi connectivity index (χ3v) is 4.56. The molecule has 1 aromatic carbocycles. The van der Waals surface area contributed by atoms with E-state index < -0.39 is 0 Å². The molecule has 0 fully saturated rings. The third kappa shape index (κ3) is 6.59. The lowest BCUT2D eigenvalue weighted by Crippen LogP contribution is -2.38. The Morgan fingerprint density at radius 1 is 1.21 bits per heavy atom. The molecule has 2 rings (SSSR count). The van der Waals surface area contributed by atoms with Crippen LogP contribution in [-0.2, 0) is 12.0 Å². The van der Waals surface area contributed by atoms with Crippen molar-refractivity contribution < 1.29 is 9.15 Å². The lowest BCUT2D eigenvalue weighted by Gasteiger charge is -2.15. The Bertz CT molecular complexity index is 745. The van der Waals surface area contributed by atoms with Gasteiger partial charge in [-0.05, 0) is 37.0 Å². The fraction of sp³-hybridized carbons (Fsp3) is 0.545. The molecule has 0 saturated carbocycles. The Morgan fingerprint density at radius 2 is 1.93 bits per heavy atom. The Kier molecular flexibility index (Phi) is 7.91. The van der Waals surface area contributed by atoms with E-state index in [0.717, 1.165) is 37.0 Å². The first kappa shape index (κ1) is 21.8. The van der Waals surface area contributed by atoms with Gasteiger partial charge in [0, 0.05) is 18.5 Å². The van der Waals surface area contributed by atoms with Crippen molar-refractivity contribution in [2.45, 2.75) is 58.9 Å². The van der Waals surface area contributed by atoms with Gasteiger partial charge in [0.1, 0.15) is 18.1 Å². The van der Waals surface area contributed by atoms with Crippen molar-refractivity contribution in [3.8, 4) is 5.75 Å². The van der Waals surface area contributed by atoms with Gasteiger partial charge in [0.05, 0.1) is 13.3 Å². The molecule has 1 heterocycles. The second kappa shape index (κ2) is 10.2. The van der Waals surface area contributed by atoms with Gasteiger partial charge in [-0.15, -0.1) is 0 Å². The van der Waals surface area contributed by atoms with Gasteiger partial charge >= 0.3 is 0 Å². The predicted octanol–water partition coefficient (Wildman–Crippen LogP) is 4.23. The Morgan fingerprint density at radius 3 is 2.50 bits per heavy atom. The summed E-state index contributed by atoms with van der Waals surface area (Å²) in [5.41, 5.74) is 1.26. The first-order chi connectivity index (χ1) is 13.3. The molecule has 0 aliphatic heterocycles. The average molecular weight is 387 g/mol. The molecule has 0 spiro atoms. The summed E-state index contributed by atoms with van der Waals surface area (Å²) in [5.74, 6) is 3.62. The van der Waals surface area contributed by atoms with E-state index in [2.05, 4.69) is 67.4 Å². The van der Waals surface area contributed by atoms with Crippen molar-refractivity contribution in [1.29, 1.82) is 0 Å². The molecule has 1 atom stereocenters. The van der Waals surface area contributed by atoms with E-state index >= 15 is 0 Å². The molecule has 0 aliphatic rings. The summed E-state index contributed by atoms with van der Waals surface area (Å²) < 4.78 is 11.0. The maximum atomic E-state index is 5.81. The van der Waals surface area contributed by atoms with Gasteiger partial charge in [0.2, 0.25) is 5.89 Å². The number of nitrogens with one attached hydrogen (secondary N) is 2. The number of aromatic nitrogens is 1. The van der Waals surface area contributed by atoms with Crippen molar-refractivity contribution in [3.63, 3.8) is 0 Å². The van der Waals surface area contributed by atoms with Gasteiger partial charge in [0.15, 0.2) is 5.96 Å². The van der Waals surface area contributed by atoms with E-state index in [0.29, 0.717) is 18.4 Å². The van der Waals surface area contributed by atoms with E-state index in [1.807, 2.05) is 12.1 Å². The van der Waals surface area contributed by atoms with Crippen LogP contribution >= 0.6 is 0 Å². The lowest BCUT2D eigenvalue weighted by atomic mass is 9.94. The zero-order valence-electron chi connectivity index (χ0n) is 18.0. The highest BCUT2D eigenvalue weighted by molar-refractivity contribution is 5.79. The topological polar surface area (TPSA) is 71.7 Å². The molecule has 1 unspecified atom stereocenters. The average Bonchev–Trinajstić information content (AvgIpc) is 3.15. The van der Waals surface area contributed by atoms with Crippen LogP contribution in [0.15, 0.2) is 39.9 Å². The van der Waals surface area contributed by atoms with Gasteiger partial charge in [-0.2, -0.15) is 0 Å². The first-order valence-corrected chi connectivity index (χ1v) is 9.94. The van der Waals surface area contributed by atoms with Crippen LogP contribution in [0.3, 0.4) is 0 Å². The van der Waals surface area contributed by atoms with Crippen LogP contribution in [0.4, 0.5) is 0 Å². The van der Waals surface area contributed by atoms with Crippen molar-refractivity contribution in [1.82, 2.24) is 15.6 Å². The van der Waals surface area contributed by atoms with Gasteiger partial charge in [-0.25, -0.2) is 9.98 Å². The molecule has 28 heavy (non-hydrogen) atoms. The predicted molar refractivity (Wildman–Crippen MR) is 114 cm³/mol. The van der Waals surface area contributed by atoms with Crippen LogP contribution in [0.5, 0.6) is 5.75 Å². The third-order valence-electron chi connectivity index (χ3n) is 4.56. The van der Waals surface area contributed by atoms with E-state index in [-0.39, 0.29) is 5.41 Å². The fourth-order valence-corrected chi connectivity index (χ4v) is 2.72. The van der Waals surface area contributed by atoms with Crippen LogP contribution in [0, 0.1) is 0 Å². The Balaban J connectivity index is 1.87. The van der Waals surface area contributed by atoms with Gasteiger partial charge in [0.25, 0.3) is 0 Å². The Labute approximate surface area is 168 Å². The van der Waals surface area contributed by atoms with Crippen molar-refractivity contribution in [2.24, 2.45) is 4.99 Å². The summed E-state index contributed by atoms with van der Waals surface area (Å²) in [5, 5.41) is 6.67. The molecule has 0 aliphatic carbocycles. The molecule has 2 aromatic rings. The molecule has 0 amide bonds. The highest BCUT2D eigenvalue weighted by Crippen LogP contribution is 2.23. The molecule has 0 saturated heterocycles. The van der Waals surface area contributed by atoms with Crippen LogP contribution in [0.1, 0.15) is 64.2 Å². The number of aliphatic imine (C=N–C) groups is 1. The van der Waals surface area contributed by atoms with E-state index in [1.165, 1.54) is 5.56 Å². The molecule has 2 N–H and O–H groups in total. The minimum Gasteiger partial charge on any atom is -0.497 e. The quantitative estimate of drug-likeness (QED) is 0.525. The smallest absolute Gasteiger partial charge is 0.216 e. The highest BCUT2D eigenvalue weighted by Gasteiger charge is 2.19. The number of benzene rings is 1. The minimum atomic E-state index is -0.0463. The molecule has 6 heteroatoms. The number of hydrogen-bond acceptors (Lipinski definition) is 4. The number of rotatable bonds is 8. The normalized spacial score (nSPS) is 13.3. The van der Waals surface area contributed by atoms with Gasteiger partial charge < -0.3 is 19.8 Å². The number of ether oxygens (including phenoxy) is 1. The fourth-order valence-electron chi connectivity index (χ4n) is 2.72. The SMILES string of the molecule is CCNC(=NCc1ncc(C(C)(C)C)o1)NCCC(C)c1ccc(OC)cc1. The van der Waals surface area contributed by atoms with Crippen molar-refractivity contribution in [2.75, 3.05) is 20.2 Å². The van der Waals surface area contributed by atoms with Crippen LogP contribution in [0.2, 0.25) is 0 Å². The molecule has 0 bridgehead atoms. The van der Waals surface area contributed by atoms with Crippen LogP contribution < -0.4 is 15.4 Å². The maximum absolute atomic E-state index is 5.81. The summed E-state index contributed by atoms with van der Waals surface area (Å²) in [6.45, 7) is 12.7. The number of methoxy groups -OCH3 is 1. The molecule has 6 nitrogen and oxygen atoms in total. The standard InChI is InChI=1S/C22H34N4O2/c1-7-23-21(26-15-20-25-14-19(28-20)22(3,4)5)24-13-12-16(2)17-8-10-18(27-6)11-9-17/h8-11,14,16H,7,12-13,15H2,1-6H3,(H2,23,24,26). The van der Waals surface area contributed by atoms with Crippen LogP contribution in [-0.4, -0.2) is 31.1 Å². The molecule has 0 radical (unpaired) electrons. The molecular formula is C22H34N4O2. The summed E-state index contributed by atoms with van der Waals surface area (Å²) >= 11 is 0. The largest absolute Gasteiger partial charge is 0.497 e. The number of guanidine groups is 1. The summed E-state index contributed by atoms with van der Waals surface area (Å²) in [6.07, 6.45) is 2.80. The monoisotopic (exact) mass is 386 g/mol. The molecule has 1 aromatic heterocycles. The number of oxazole rings is 1. The van der Waals surface area contributed by atoms with Crippen LogP contribution in [0.25, 0.3) is 0 Å². The summed E-state index contributed by atoms with van der Waals surface area (Å²) in [6, 6.07) is 8.26. The van der Waals surface area contributed by atoms with Gasteiger partial charge in [-0.3, -0.25) is 0 Å². The highest BCUT2D eigenvalue weighted by atomic mass is 16.5. The van der Waals surface area contributed by atoms with E-state index in [4.69, 9.17) is 9.15 Å². The molecular weight excluding hydrogens is 352 g/mol. The maximum Gasteiger partial charge on any atom is 0.216 e. The minimum absolute atomic E-state index is 0.0463. The first-order valence-electron chi connectivity index (χ1n) is 9.94. The lowest BCUT2D eigenvalue weighted by molar-refractivity contribution is 0.383. The zero-order chi connectivity index (χ0) is 20.6. The van der Waals surface area contributed by atoms with E-state index in [1.54, 1.807) is 13.3 Å². The zero-order valence-corrected chi connectivity index (χ0v) is 18.0. The van der Waals surface area contributed by atoms with Gasteiger partial charge in [-0.1, -0.05) is 39.8 Å². The van der Waals surface area contributed by atoms with Crippen molar-refractivity contribution >= 4 is 5.96 Å². The van der Waals surface area contributed by atoms with E-state index in [9.17, 15) is 0 Å². The molecule has 154 valence electrons. The number of hydrogen-bond donors (Lipinski definition) is 2. The summed E-state index contributed by atoms with van der Waals surface area (Å²) in [7, 11) is 1.69. The summed E-state index contributed by atoms with van der Waals surface area (Å²) in [4.78, 5) is 8.93. The Hall–Kier alpha value is -2.50. The van der Waals surface area contributed by atoms with Crippen molar-refractivity contribution in [3.05, 3.63) is 47.7 Å².